The second kappa shape index (κ2) is 3.64. The van der Waals surface area contributed by atoms with Crippen LogP contribution in [0.25, 0.3) is 11.0 Å². The van der Waals surface area contributed by atoms with Crippen molar-refractivity contribution in [2.24, 2.45) is 0 Å². The van der Waals surface area contributed by atoms with Gasteiger partial charge in [-0.1, -0.05) is 0 Å². The van der Waals surface area contributed by atoms with E-state index >= 15 is 0 Å². The first-order chi connectivity index (χ1) is 8.41. The summed E-state index contributed by atoms with van der Waals surface area (Å²) in [5, 5.41) is 0. The van der Waals surface area contributed by atoms with E-state index in [9.17, 15) is 8.42 Å². The molecule has 18 heavy (non-hydrogen) atoms. The summed E-state index contributed by atoms with van der Waals surface area (Å²) in [7, 11) is -2.96. The lowest BCUT2D eigenvalue weighted by atomic mass is 10.0. The SMILES string of the molecule is CC1(n2c(=S)[nH]c3cnccc32)CCS(=O)(=O)C1. The van der Waals surface area contributed by atoms with Crippen LogP contribution in [-0.4, -0.2) is 34.5 Å². The monoisotopic (exact) mass is 283 g/mol. The Morgan fingerprint density at radius 2 is 2.33 bits per heavy atom. The minimum absolute atomic E-state index is 0.142. The topological polar surface area (TPSA) is 67.8 Å². The molecule has 96 valence electrons. The summed E-state index contributed by atoms with van der Waals surface area (Å²) in [6, 6.07) is 1.86. The van der Waals surface area contributed by atoms with Crippen LogP contribution in [0.4, 0.5) is 0 Å². The number of pyridine rings is 1. The number of aromatic amines is 1. The maximum atomic E-state index is 11.7. The molecule has 0 spiro atoms. The minimum Gasteiger partial charge on any atom is -0.329 e. The molecule has 2 aromatic rings. The summed E-state index contributed by atoms with van der Waals surface area (Å²) in [6.45, 7) is 1.95. The van der Waals surface area contributed by atoms with Gasteiger partial charge in [-0.2, -0.15) is 0 Å². The molecule has 3 rings (SSSR count). The van der Waals surface area contributed by atoms with Crippen LogP contribution in [0.3, 0.4) is 0 Å². The molecule has 0 aromatic carbocycles. The van der Waals surface area contributed by atoms with Crippen molar-refractivity contribution < 1.29 is 8.42 Å². The fraction of sp³-hybridized carbons (Fsp3) is 0.455. The molecule has 3 heterocycles. The molecule has 1 fully saturated rings. The molecule has 7 heteroatoms. The van der Waals surface area contributed by atoms with Gasteiger partial charge in [0, 0.05) is 6.20 Å². The maximum absolute atomic E-state index is 11.7. The quantitative estimate of drug-likeness (QED) is 0.808. The molecule has 0 amide bonds. The average Bonchev–Trinajstić information content (AvgIpc) is 2.75. The number of aromatic nitrogens is 3. The van der Waals surface area contributed by atoms with Crippen LogP contribution < -0.4 is 0 Å². The summed E-state index contributed by atoms with van der Waals surface area (Å²) >= 11 is 5.32. The van der Waals surface area contributed by atoms with Gasteiger partial charge in [0.05, 0.1) is 34.3 Å². The number of hydrogen-bond acceptors (Lipinski definition) is 4. The van der Waals surface area contributed by atoms with E-state index in [2.05, 4.69) is 9.97 Å². The third-order valence-electron chi connectivity index (χ3n) is 3.51. The maximum Gasteiger partial charge on any atom is 0.178 e. The molecule has 0 aliphatic carbocycles. The third-order valence-corrected chi connectivity index (χ3v) is 5.68. The van der Waals surface area contributed by atoms with Crippen LogP contribution in [0.15, 0.2) is 18.5 Å². The van der Waals surface area contributed by atoms with E-state index in [1.807, 2.05) is 17.6 Å². The number of sulfone groups is 1. The zero-order valence-electron chi connectivity index (χ0n) is 9.88. The summed E-state index contributed by atoms with van der Waals surface area (Å²) in [4.78, 5) is 7.11. The van der Waals surface area contributed by atoms with Gasteiger partial charge in [0.15, 0.2) is 14.6 Å². The molecule has 1 N–H and O–H groups in total. The average molecular weight is 283 g/mol. The van der Waals surface area contributed by atoms with Gasteiger partial charge in [-0.05, 0) is 31.6 Å². The molecule has 0 saturated carbocycles. The van der Waals surface area contributed by atoms with Crippen molar-refractivity contribution in [3.8, 4) is 0 Å². The first-order valence-electron chi connectivity index (χ1n) is 5.67. The Kier molecular flexibility index (Phi) is 2.40. The Labute approximate surface area is 110 Å². The Bertz CT molecular complexity index is 775. The molecule has 1 aliphatic heterocycles. The standard InChI is InChI=1S/C11H13N3O2S2/c1-11(3-5-18(15,16)7-11)14-9-2-4-12-6-8(9)13-10(14)17/h2,4,6H,3,5,7H2,1H3,(H,13,17). The van der Waals surface area contributed by atoms with Gasteiger partial charge in [0.25, 0.3) is 0 Å². The highest BCUT2D eigenvalue weighted by atomic mass is 32.2. The second-order valence-corrected chi connectivity index (χ2v) is 7.57. The molecule has 0 radical (unpaired) electrons. The van der Waals surface area contributed by atoms with Crippen LogP contribution in [0, 0.1) is 4.77 Å². The van der Waals surface area contributed by atoms with E-state index in [4.69, 9.17) is 12.2 Å². The van der Waals surface area contributed by atoms with Crippen LogP contribution >= 0.6 is 12.2 Å². The van der Waals surface area contributed by atoms with E-state index in [1.54, 1.807) is 12.4 Å². The number of rotatable bonds is 1. The lowest BCUT2D eigenvalue weighted by molar-refractivity contribution is 0.372. The van der Waals surface area contributed by atoms with Gasteiger partial charge in [0.1, 0.15) is 0 Å². The van der Waals surface area contributed by atoms with Crippen molar-refractivity contribution in [1.82, 2.24) is 14.5 Å². The highest BCUT2D eigenvalue weighted by Crippen LogP contribution is 2.33. The van der Waals surface area contributed by atoms with Crippen LogP contribution in [0.2, 0.25) is 0 Å². The van der Waals surface area contributed by atoms with Crippen molar-refractivity contribution in [1.29, 1.82) is 0 Å². The van der Waals surface area contributed by atoms with Gasteiger partial charge < -0.3 is 9.55 Å². The van der Waals surface area contributed by atoms with E-state index in [-0.39, 0.29) is 11.5 Å². The summed E-state index contributed by atoms with van der Waals surface area (Å²) < 4.78 is 25.9. The van der Waals surface area contributed by atoms with Gasteiger partial charge in [0.2, 0.25) is 0 Å². The fourth-order valence-electron chi connectivity index (χ4n) is 2.66. The Hall–Kier alpha value is -1.21. The Balaban J connectivity index is 2.27. The number of imidazole rings is 1. The largest absolute Gasteiger partial charge is 0.329 e. The molecule has 1 atom stereocenters. The molecule has 1 unspecified atom stereocenters. The number of nitrogens with zero attached hydrogens (tertiary/aromatic N) is 2. The van der Waals surface area contributed by atoms with E-state index < -0.39 is 15.4 Å². The smallest absolute Gasteiger partial charge is 0.178 e. The molecular formula is C11H13N3O2S2. The van der Waals surface area contributed by atoms with Crippen LogP contribution in [0.1, 0.15) is 13.3 Å². The summed E-state index contributed by atoms with van der Waals surface area (Å²) in [5.74, 6) is 0.368. The molecule has 0 bridgehead atoms. The van der Waals surface area contributed by atoms with Crippen LogP contribution in [0.5, 0.6) is 0 Å². The van der Waals surface area contributed by atoms with E-state index in [0.29, 0.717) is 11.2 Å². The van der Waals surface area contributed by atoms with Gasteiger partial charge in [-0.25, -0.2) is 8.42 Å². The van der Waals surface area contributed by atoms with Gasteiger partial charge >= 0.3 is 0 Å². The third kappa shape index (κ3) is 1.69. The Morgan fingerprint density at radius 1 is 1.56 bits per heavy atom. The zero-order valence-corrected chi connectivity index (χ0v) is 11.5. The Morgan fingerprint density at radius 3 is 3.00 bits per heavy atom. The highest BCUT2D eigenvalue weighted by molar-refractivity contribution is 7.91. The minimum atomic E-state index is -2.96. The number of fused-ring (bicyclic) bond motifs is 1. The highest BCUT2D eigenvalue weighted by Gasteiger charge is 2.41. The predicted molar refractivity (Wildman–Crippen MR) is 71.8 cm³/mol. The van der Waals surface area contributed by atoms with Gasteiger partial charge in [-0.3, -0.25) is 4.98 Å². The molecule has 5 nitrogen and oxygen atoms in total. The lowest BCUT2D eigenvalue weighted by Gasteiger charge is -2.25. The van der Waals surface area contributed by atoms with Crippen molar-refractivity contribution in [2.75, 3.05) is 11.5 Å². The van der Waals surface area contributed by atoms with Gasteiger partial charge in [-0.15, -0.1) is 0 Å². The summed E-state index contributed by atoms with van der Waals surface area (Å²) in [5.41, 5.74) is 1.29. The van der Waals surface area contributed by atoms with Crippen molar-refractivity contribution >= 4 is 33.1 Å². The van der Waals surface area contributed by atoms with Crippen molar-refractivity contribution in [3.63, 3.8) is 0 Å². The molecular weight excluding hydrogens is 270 g/mol. The number of hydrogen-bond donors (Lipinski definition) is 1. The first kappa shape index (κ1) is 11.9. The number of nitrogens with one attached hydrogen (secondary N) is 1. The van der Waals surface area contributed by atoms with Crippen molar-refractivity contribution in [3.05, 3.63) is 23.2 Å². The molecule has 2 aromatic heterocycles. The van der Waals surface area contributed by atoms with E-state index in [0.717, 1.165) is 11.0 Å². The predicted octanol–water partition coefficient (Wildman–Crippen LogP) is 1.63. The lowest BCUT2D eigenvalue weighted by Crippen LogP contribution is -2.31. The zero-order chi connectivity index (χ0) is 13.0. The normalized spacial score (nSPS) is 26.7. The van der Waals surface area contributed by atoms with E-state index in [1.165, 1.54) is 0 Å². The number of H-pyrrole nitrogens is 1. The molecule has 1 aliphatic rings. The first-order valence-corrected chi connectivity index (χ1v) is 7.90. The van der Waals surface area contributed by atoms with Crippen LogP contribution in [-0.2, 0) is 15.4 Å². The summed E-state index contributed by atoms with van der Waals surface area (Å²) in [6.07, 6.45) is 3.99. The fourth-order valence-corrected chi connectivity index (χ4v) is 5.21. The molecule has 1 saturated heterocycles. The van der Waals surface area contributed by atoms with Crippen molar-refractivity contribution in [2.45, 2.75) is 18.9 Å². The second-order valence-electron chi connectivity index (χ2n) is 5.00.